The van der Waals surface area contributed by atoms with Crippen LogP contribution in [-0.2, 0) is 6.54 Å². The van der Waals surface area contributed by atoms with Gasteiger partial charge in [-0.15, -0.1) is 11.3 Å². The number of nitrogens with two attached hydrogens (primary N) is 1. The Kier molecular flexibility index (Phi) is 4.19. The molecule has 0 atom stereocenters. The molecule has 0 aliphatic rings. The molecular formula is C9H15ClN2S. The summed E-state index contributed by atoms with van der Waals surface area (Å²) in [7, 11) is 2.05. The second-order valence-electron chi connectivity index (χ2n) is 3.18. The molecule has 4 heteroatoms. The van der Waals surface area contributed by atoms with Gasteiger partial charge in [-0.05, 0) is 24.9 Å². The van der Waals surface area contributed by atoms with Crippen molar-refractivity contribution in [3.05, 3.63) is 20.8 Å². The third-order valence-electron chi connectivity index (χ3n) is 1.89. The fraction of sp³-hybridized carbons (Fsp3) is 0.556. The first-order chi connectivity index (χ1) is 6.15. The van der Waals surface area contributed by atoms with Gasteiger partial charge in [0.05, 0.1) is 5.02 Å². The van der Waals surface area contributed by atoms with Crippen LogP contribution < -0.4 is 5.73 Å². The molecule has 2 nitrogen and oxygen atoms in total. The third kappa shape index (κ3) is 2.95. The van der Waals surface area contributed by atoms with Crippen LogP contribution in [0.3, 0.4) is 0 Å². The average molecular weight is 219 g/mol. The quantitative estimate of drug-likeness (QED) is 0.839. The van der Waals surface area contributed by atoms with E-state index in [1.54, 1.807) is 11.3 Å². The maximum atomic E-state index is 6.11. The molecule has 1 heterocycles. The molecule has 0 spiro atoms. The van der Waals surface area contributed by atoms with E-state index in [-0.39, 0.29) is 0 Å². The maximum Gasteiger partial charge on any atom is 0.0587 e. The van der Waals surface area contributed by atoms with Gasteiger partial charge in [-0.2, -0.15) is 0 Å². The van der Waals surface area contributed by atoms with Crippen LogP contribution in [0.5, 0.6) is 0 Å². The molecule has 0 bridgehead atoms. The molecule has 0 aromatic carbocycles. The van der Waals surface area contributed by atoms with Crippen molar-refractivity contribution in [2.75, 3.05) is 20.1 Å². The highest BCUT2D eigenvalue weighted by Gasteiger charge is 2.07. The predicted octanol–water partition coefficient (Wildman–Crippen LogP) is 2.10. The molecule has 0 amide bonds. The van der Waals surface area contributed by atoms with Gasteiger partial charge in [0, 0.05) is 24.5 Å². The summed E-state index contributed by atoms with van der Waals surface area (Å²) in [5.41, 5.74) is 6.62. The fourth-order valence-electron chi connectivity index (χ4n) is 1.13. The first kappa shape index (κ1) is 11.0. The van der Waals surface area contributed by atoms with E-state index in [1.807, 2.05) is 6.92 Å². The Bertz CT molecular complexity index is 273. The molecule has 1 rings (SSSR count). The fourth-order valence-corrected chi connectivity index (χ4v) is 2.44. The second kappa shape index (κ2) is 4.96. The van der Waals surface area contributed by atoms with Crippen molar-refractivity contribution < 1.29 is 0 Å². The standard InChI is InChI=1S/C9H15ClN2S/c1-7-6-13-8(9(7)10)5-12(2)4-3-11/h6H,3-5,11H2,1-2H3. The molecule has 74 valence electrons. The Morgan fingerprint density at radius 3 is 2.77 bits per heavy atom. The molecular weight excluding hydrogens is 204 g/mol. The lowest BCUT2D eigenvalue weighted by Crippen LogP contribution is -2.24. The smallest absolute Gasteiger partial charge is 0.0587 e. The van der Waals surface area contributed by atoms with Gasteiger partial charge in [0.2, 0.25) is 0 Å². The van der Waals surface area contributed by atoms with Crippen LogP contribution >= 0.6 is 22.9 Å². The number of aryl methyl sites for hydroxylation is 1. The summed E-state index contributed by atoms with van der Waals surface area (Å²) >= 11 is 7.82. The molecule has 13 heavy (non-hydrogen) atoms. The summed E-state index contributed by atoms with van der Waals surface area (Å²) in [6.45, 7) is 4.53. The van der Waals surface area contributed by atoms with E-state index in [4.69, 9.17) is 17.3 Å². The largest absolute Gasteiger partial charge is 0.329 e. The highest BCUT2D eigenvalue weighted by molar-refractivity contribution is 7.10. The zero-order chi connectivity index (χ0) is 9.84. The van der Waals surface area contributed by atoms with Crippen LogP contribution in [0.2, 0.25) is 5.02 Å². The highest BCUT2D eigenvalue weighted by Crippen LogP contribution is 2.27. The van der Waals surface area contributed by atoms with Gasteiger partial charge in [-0.3, -0.25) is 4.90 Å². The number of hydrogen-bond donors (Lipinski definition) is 1. The van der Waals surface area contributed by atoms with Crippen LogP contribution in [0.4, 0.5) is 0 Å². The second-order valence-corrected chi connectivity index (χ2v) is 4.52. The SMILES string of the molecule is Cc1csc(CN(C)CCN)c1Cl. The van der Waals surface area contributed by atoms with Gasteiger partial charge in [-0.1, -0.05) is 11.6 Å². The van der Waals surface area contributed by atoms with Gasteiger partial charge in [-0.25, -0.2) is 0 Å². The van der Waals surface area contributed by atoms with E-state index in [2.05, 4.69) is 17.3 Å². The van der Waals surface area contributed by atoms with Crippen LogP contribution in [0.25, 0.3) is 0 Å². The monoisotopic (exact) mass is 218 g/mol. The molecule has 0 fully saturated rings. The molecule has 0 radical (unpaired) electrons. The normalized spacial score (nSPS) is 11.2. The minimum absolute atomic E-state index is 0.693. The van der Waals surface area contributed by atoms with E-state index in [0.717, 1.165) is 18.1 Å². The van der Waals surface area contributed by atoms with Gasteiger partial charge in [0.15, 0.2) is 0 Å². The predicted molar refractivity (Wildman–Crippen MR) is 59.5 cm³/mol. The first-order valence-corrected chi connectivity index (χ1v) is 5.52. The van der Waals surface area contributed by atoms with Crippen molar-refractivity contribution in [3.63, 3.8) is 0 Å². The van der Waals surface area contributed by atoms with Crippen molar-refractivity contribution in [1.82, 2.24) is 4.90 Å². The van der Waals surface area contributed by atoms with Crippen molar-refractivity contribution in [2.45, 2.75) is 13.5 Å². The van der Waals surface area contributed by atoms with Gasteiger partial charge < -0.3 is 5.73 Å². The van der Waals surface area contributed by atoms with Crippen LogP contribution in [0, 0.1) is 6.92 Å². The number of hydrogen-bond acceptors (Lipinski definition) is 3. The zero-order valence-electron chi connectivity index (χ0n) is 8.01. The molecule has 0 aliphatic heterocycles. The number of rotatable bonds is 4. The van der Waals surface area contributed by atoms with E-state index in [0.29, 0.717) is 6.54 Å². The van der Waals surface area contributed by atoms with E-state index >= 15 is 0 Å². The van der Waals surface area contributed by atoms with E-state index in [9.17, 15) is 0 Å². The molecule has 0 saturated carbocycles. The Morgan fingerprint density at radius 1 is 1.62 bits per heavy atom. The Morgan fingerprint density at radius 2 is 2.31 bits per heavy atom. The van der Waals surface area contributed by atoms with Crippen LogP contribution in [0.15, 0.2) is 5.38 Å². The zero-order valence-corrected chi connectivity index (χ0v) is 9.58. The number of likely N-dealkylation sites (N-methyl/N-ethyl adjacent to an activating group) is 1. The molecule has 2 N–H and O–H groups in total. The van der Waals surface area contributed by atoms with Gasteiger partial charge >= 0.3 is 0 Å². The van der Waals surface area contributed by atoms with Crippen molar-refractivity contribution >= 4 is 22.9 Å². The lowest BCUT2D eigenvalue weighted by molar-refractivity contribution is 0.339. The van der Waals surface area contributed by atoms with Gasteiger partial charge in [0.25, 0.3) is 0 Å². The number of nitrogens with zero attached hydrogens (tertiary/aromatic N) is 1. The first-order valence-electron chi connectivity index (χ1n) is 4.26. The Hall–Kier alpha value is -0.0900. The van der Waals surface area contributed by atoms with Crippen LogP contribution in [0.1, 0.15) is 10.4 Å². The third-order valence-corrected chi connectivity index (χ3v) is 3.62. The molecule has 0 saturated heterocycles. The Balaban J connectivity index is 2.58. The summed E-state index contributed by atoms with van der Waals surface area (Å²) < 4.78 is 0. The van der Waals surface area contributed by atoms with Crippen molar-refractivity contribution in [2.24, 2.45) is 5.73 Å². The summed E-state index contributed by atoms with van der Waals surface area (Å²) in [6, 6.07) is 0. The lowest BCUT2D eigenvalue weighted by atomic mass is 10.3. The summed E-state index contributed by atoms with van der Waals surface area (Å²) in [4.78, 5) is 3.41. The summed E-state index contributed by atoms with van der Waals surface area (Å²) in [5.74, 6) is 0. The Labute approximate surface area is 88.3 Å². The average Bonchev–Trinajstić information content (AvgIpc) is 2.37. The lowest BCUT2D eigenvalue weighted by Gasteiger charge is -2.14. The highest BCUT2D eigenvalue weighted by atomic mass is 35.5. The summed E-state index contributed by atoms with van der Waals surface area (Å²) in [5, 5.41) is 3.00. The minimum atomic E-state index is 0.693. The van der Waals surface area contributed by atoms with Crippen LogP contribution in [-0.4, -0.2) is 25.0 Å². The molecule has 1 aromatic rings. The van der Waals surface area contributed by atoms with E-state index < -0.39 is 0 Å². The molecule has 0 unspecified atom stereocenters. The summed E-state index contributed by atoms with van der Waals surface area (Å²) in [6.07, 6.45) is 0. The van der Waals surface area contributed by atoms with Gasteiger partial charge in [0.1, 0.15) is 0 Å². The van der Waals surface area contributed by atoms with E-state index in [1.165, 1.54) is 10.4 Å². The van der Waals surface area contributed by atoms with Crippen molar-refractivity contribution in [3.8, 4) is 0 Å². The maximum absolute atomic E-state index is 6.11. The van der Waals surface area contributed by atoms with Crippen molar-refractivity contribution in [1.29, 1.82) is 0 Å². The topological polar surface area (TPSA) is 29.3 Å². The molecule has 0 aliphatic carbocycles. The minimum Gasteiger partial charge on any atom is -0.329 e. The number of thiophene rings is 1. The number of halogens is 1. The molecule has 1 aromatic heterocycles.